The van der Waals surface area contributed by atoms with Gasteiger partial charge in [0.2, 0.25) is 0 Å². The highest BCUT2D eigenvalue weighted by atomic mass is 79.9. The summed E-state index contributed by atoms with van der Waals surface area (Å²) in [4.78, 5) is 15.2. The molecule has 0 fully saturated rings. The van der Waals surface area contributed by atoms with Crippen molar-refractivity contribution in [3.63, 3.8) is 0 Å². The first-order chi connectivity index (χ1) is 9.25. The molecule has 0 amide bonds. The summed E-state index contributed by atoms with van der Waals surface area (Å²) >= 11 is 4.33. The van der Waals surface area contributed by atoms with Gasteiger partial charge in [0.1, 0.15) is 10.8 Å². The minimum Gasteiger partial charge on any atom is -0.300 e. The summed E-state index contributed by atoms with van der Waals surface area (Å²) in [5, 5.41) is 2.25. The second kappa shape index (κ2) is 5.65. The number of benzene rings is 1. The van der Waals surface area contributed by atoms with Gasteiger partial charge in [-0.15, -0.1) is 11.3 Å². The predicted octanol–water partition coefficient (Wildman–Crippen LogP) is 4.72. The number of Topliss-reactive ketones (excluding diaryl/α,β-unsaturated/α-hetero) is 1. The third kappa shape index (κ3) is 3.67. The number of ketones is 1. The van der Waals surface area contributed by atoms with Crippen LogP contribution in [0.1, 0.15) is 17.5 Å². The zero-order chi connectivity index (χ0) is 14.9. The van der Waals surface area contributed by atoms with Gasteiger partial charge >= 0.3 is 6.18 Å². The summed E-state index contributed by atoms with van der Waals surface area (Å²) < 4.78 is 38.6. The lowest BCUT2D eigenvalue weighted by molar-refractivity contribution is -0.137. The zero-order valence-electron chi connectivity index (χ0n) is 10.3. The van der Waals surface area contributed by atoms with Crippen molar-refractivity contribution >= 4 is 33.0 Å². The van der Waals surface area contributed by atoms with E-state index in [2.05, 4.69) is 20.9 Å². The van der Waals surface area contributed by atoms with Gasteiger partial charge in [-0.3, -0.25) is 4.79 Å². The van der Waals surface area contributed by atoms with E-state index in [1.165, 1.54) is 18.3 Å². The molecule has 2 aromatic rings. The Bertz CT molecular complexity index is 651. The Kier molecular flexibility index (Phi) is 4.29. The Hall–Kier alpha value is -1.21. The van der Waals surface area contributed by atoms with Crippen LogP contribution in [0.4, 0.5) is 13.2 Å². The van der Waals surface area contributed by atoms with Gasteiger partial charge in [0.15, 0.2) is 0 Å². The molecule has 1 heterocycles. The summed E-state index contributed by atoms with van der Waals surface area (Å²) in [6, 6.07) is 3.64. The molecule has 0 aliphatic carbocycles. The highest BCUT2D eigenvalue weighted by Gasteiger charge is 2.31. The second-order valence-corrected chi connectivity index (χ2v) is 6.09. The summed E-state index contributed by atoms with van der Waals surface area (Å²) in [6.45, 7) is 1.45. The minimum atomic E-state index is -4.41. The Morgan fingerprint density at radius 1 is 1.35 bits per heavy atom. The Balaban J connectivity index is 2.40. The van der Waals surface area contributed by atoms with E-state index in [0.717, 1.165) is 12.1 Å². The molecule has 0 radical (unpaired) electrons. The number of thiazole rings is 1. The van der Waals surface area contributed by atoms with Crippen LogP contribution in [0.3, 0.4) is 0 Å². The van der Waals surface area contributed by atoms with E-state index in [4.69, 9.17) is 0 Å². The van der Waals surface area contributed by atoms with Crippen LogP contribution in [-0.4, -0.2) is 10.8 Å². The van der Waals surface area contributed by atoms with Crippen molar-refractivity contribution in [2.45, 2.75) is 19.5 Å². The monoisotopic (exact) mass is 363 g/mol. The van der Waals surface area contributed by atoms with E-state index in [0.29, 0.717) is 20.7 Å². The number of carbonyl (C=O) groups excluding carboxylic acids is 1. The van der Waals surface area contributed by atoms with Crippen molar-refractivity contribution in [1.82, 2.24) is 4.98 Å². The van der Waals surface area contributed by atoms with Gasteiger partial charge in [-0.25, -0.2) is 4.98 Å². The van der Waals surface area contributed by atoms with Crippen molar-refractivity contribution in [1.29, 1.82) is 0 Å². The number of rotatable bonds is 3. The minimum absolute atomic E-state index is 0.0314. The molecule has 0 unspecified atom stereocenters. The van der Waals surface area contributed by atoms with Gasteiger partial charge in [0.25, 0.3) is 0 Å². The van der Waals surface area contributed by atoms with Crippen LogP contribution in [0, 0.1) is 0 Å². The lowest BCUT2D eigenvalue weighted by atomic mass is 10.1. The van der Waals surface area contributed by atoms with E-state index < -0.39 is 11.7 Å². The smallest absolute Gasteiger partial charge is 0.300 e. The lowest BCUT2D eigenvalue weighted by Gasteiger charge is -2.08. The molecule has 2 nitrogen and oxygen atoms in total. The maximum absolute atomic E-state index is 12.8. The maximum atomic E-state index is 12.8. The molecule has 2 rings (SSSR count). The Morgan fingerprint density at radius 2 is 2.05 bits per heavy atom. The number of aromatic nitrogens is 1. The number of carbonyl (C=O) groups is 1. The number of halogens is 4. The summed E-state index contributed by atoms with van der Waals surface area (Å²) in [6.07, 6.45) is -4.21. The van der Waals surface area contributed by atoms with Crippen molar-refractivity contribution in [3.8, 4) is 11.3 Å². The van der Waals surface area contributed by atoms with Crippen LogP contribution in [0.25, 0.3) is 11.3 Å². The SMILES string of the molecule is CC(=O)Cc1nc(-c2cc(Br)cc(C(F)(F)F)c2)cs1. The molecule has 0 aliphatic heterocycles. The molecule has 0 N–H and O–H groups in total. The maximum Gasteiger partial charge on any atom is 0.416 e. The molecule has 0 saturated carbocycles. The largest absolute Gasteiger partial charge is 0.416 e. The molecule has 106 valence electrons. The fourth-order valence-corrected chi connectivity index (χ4v) is 3.01. The molecule has 0 atom stereocenters. The fraction of sp³-hybridized carbons (Fsp3) is 0.231. The molecule has 0 spiro atoms. The van der Waals surface area contributed by atoms with Gasteiger partial charge in [-0.05, 0) is 25.1 Å². The molecule has 0 aliphatic rings. The molecule has 1 aromatic heterocycles. The first-order valence-corrected chi connectivity index (χ1v) is 7.25. The molecular weight excluding hydrogens is 355 g/mol. The predicted molar refractivity (Wildman–Crippen MR) is 74.6 cm³/mol. The lowest BCUT2D eigenvalue weighted by Crippen LogP contribution is -2.05. The normalized spacial score (nSPS) is 11.7. The van der Waals surface area contributed by atoms with Crippen LogP contribution < -0.4 is 0 Å². The number of nitrogens with zero attached hydrogens (tertiary/aromatic N) is 1. The second-order valence-electron chi connectivity index (χ2n) is 4.23. The standard InChI is InChI=1S/C13H9BrF3NOS/c1-7(19)2-12-18-11(6-20-12)8-3-9(13(15,16)17)5-10(14)4-8/h3-6H,2H2,1H3. The van der Waals surface area contributed by atoms with E-state index in [9.17, 15) is 18.0 Å². The van der Waals surface area contributed by atoms with Crippen LogP contribution >= 0.6 is 27.3 Å². The van der Waals surface area contributed by atoms with E-state index >= 15 is 0 Å². The van der Waals surface area contributed by atoms with Gasteiger partial charge in [-0.1, -0.05) is 15.9 Å². The van der Waals surface area contributed by atoms with Gasteiger partial charge < -0.3 is 0 Å². The summed E-state index contributed by atoms with van der Waals surface area (Å²) in [7, 11) is 0. The average molecular weight is 364 g/mol. The number of alkyl halides is 3. The summed E-state index contributed by atoms with van der Waals surface area (Å²) in [5.74, 6) is -0.0314. The van der Waals surface area contributed by atoms with Crippen LogP contribution in [0.5, 0.6) is 0 Å². The molecule has 0 saturated heterocycles. The van der Waals surface area contributed by atoms with Crippen LogP contribution in [-0.2, 0) is 17.4 Å². The Morgan fingerprint density at radius 3 is 2.65 bits per heavy atom. The zero-order valence-corrected chi connectivity index (χ0v) is 12.7. The van der Waals surface area contributed by atoms with E-state index in [1.807, 2.05) is 0 Å². The van der Waals surface area contributed by atoms with Gasteiger partial charge in [0, 0.05) is 15.4 Å². The van der Waals surface area contributed by atoms with Crippen molar-refractivity contribution in [2.75, 3.05) is 0 Å². The first-order valence-electron chi connectivity index (χ1n) is 5.57. The third-order valence-corrected chi connectivity index (χ3v) is 3.78. The van der Waals surface area contributed by atoms with Gasteiger partial charge in [0.05, 0.1) is 17.7 Å². The third-order valence-electron chi connectivity index (χ3n) is 2.47. The number of hydrogen-bond donors (Lipinski definition) is 0. The molecule has 1 aromatic carbocycles. The van der Waals surface area contributed by atoms with Gasteiger partial charge in [-0.2, -0.15) is 13.2 Å². The van der Waals surface area contributed by atoms with E-state index in [-0.39, 0.29) is 12.2 Å². The Labute approximate surface area is 125 Å². The molecule has 20 heavy (non-hydrogen) atoms. The quantitative estimate of drug-likeness (QED) is 0.789. The number of hydrogen-bond acceptors (Lipinski definition) is 3. The van der Waals surface area contributed by atoms with Crippen molar-refractivity contribution in [2.24, 2.45) is 0 Å². The average Bonchev–Trinajstić information content (AvgIpc) is 2.74. The summed E-state index contributed by atoms with van der Waals surface area (Å²) in [5.41, 5.74) is 0.0822. The van der Waals surface area contributed by atoms with E-state index in [1.54, 1.807) is 11.4 Å². The van der Waals surface area contributed by atoms with Crippen LogP contribution in [0.15, 0.2) is 28.1 Å². The van der Waals surface area contributed by atoms with Crippen molar-refractivity contribution < 1.29 is 18.0 Å². The molecule has 0 bridgehead atoms. The highest BCUT2D eigenvalue weighted by Crippen LogP contribution is 2.35. The topological polar surface area (TPSA) is 30.0 Å². The molecule has 7 heteroatoms. The molecular formula is C13H9BrF3NOS. The van der Waals surface area contributed by atoms with Crippen molar-refractivity contribution in [3.05, 3.63) is 38.6 Å². The van der Waals surface area contributed by atoms with Crippen LogP contribution in [0.2, 0.25) is 0 Å². The fourth-order valence-electron chi connectivity index (χ4n) is 1.64. The first kappa shape index (κ1) is 15.2. The highest BCUT2D eigenvalue weighted by molar-refractivity contribution is 9.10.